The molecule has 1 saturated heterocycles. The highest BCUT2D eigenvalue weighted by molar-refractivity contribution is 5.79. The molecule has 0 bridgehead atoms. The lowest BCUT2D eigenvalue weighted by molar-refractivity contribution is 0.327. The monoisotopic (exact) mass is 374 g/mol. The van der Waals surface area contributed by atoms with E-state index in [2.05, 4.69) is 61.6 Å². The molecule has 6 heteroatoms. The van der Waals surface area contributed by atoms with E-state index in [0.717, 1.165) is 41.5 Å². The van der Waals surface area contributed by atoms with Crippen molar-refractivity contribution in [1.29, 1.82) is 0 Å². The average molecular weight is 374 g/mol. The quantitative estimate of drug-likeness (QED) is 0.554. The van der Waals surface area contributed by atoms with Gasteiger partial charge in [-0.1, -0.05) is 36.9 Å². The van der Waals surface area contributed by atoms with E-state index in [9.17, 15) is 0 Å². The number of rotatable bonds is 8. The molecule has 1 aliphatic rings. The Morgan fingerprint density at radius 3 is 2.64 bits per heavy atom. The molecular formula is C22H26N6. The molecule has 3 N–H and O–H groups in total. The zero-order valence-corrected chi connectivity index (χ0v) is 16.0. The van der Waals surface area contributed by atoms with Crippen LogP contribution in [0.5, 0.6) is 0 Å². The number of nitrogens with one attached hydrogen (secondary N) is 3. The lowest BCUT2D eigenvalue weighted by atomic mass is 10.2. The van der Waals surface area contributed by atoms with Crippen molar-refractivity contribution in [3.05, 3.63) is 78.4 Å². The maximum atomic E-state index is 4.59. The van der Waals surface area contributed by atoms with Crippen molar-refractivity contribution in [2.75, 3.05) is 23.7 Å². The van der Waals surface area contributed by atoms with Crippen molar-refractivity contribution in [3.63, 3.8) is 0 Å². The van der Waals surface area contributed by atoms with E-state index >= 15 is 0 Å². The standard InChI is InChI=1S/C22H26N6/c1-17(22-21(15-25-27-22)24-13-18-7-3-2-4-8-18)26-19-9-10-20(23-14-19)16-28-11-5-6-12-28/h2-4,7-10,14-15,24,26H,1,5-6,11-13,16H2,(H,25,27). The first-order valence-electron chi connectivity index (χ1n) is 9.73. The summed E-state index contributed by atoms with van der Waals surface area (Å²) in [6, 6.07) is 14.4. The largest absolute Gasteiger partial charge is 0.378 e. The average Bonchev–Trinajstić information content (AvgIpc) is 3.40. The van der Waals surface area contributed by atoms with Gasteiger partial charge in [-0.25, -0.2) is 0 Å². The minimum absolute atomic E-state index is 0.730. The van der Waals surface area contributed by atoms with Crippen LogP contribution >= 0.6 is 0 Å². The molecule has 0 spiro atoms. The normalized spacial score (nSPS) is 14.1. The molecule has 1 aliphatic heterocycles. The van der Waals surface area contributed by atoms with Gasteiger partial charge in [-0.15, -0.1) is 0 Å². The van der Waals surface area contributed by atoms with Gasteiger partial charge in [-0.05, 0) is 43.6 Å². The molecule has 28 heavy (non-hydrogen) atoms. The van der Waals surface area contributed by atoms with Gasteiger partial charge in [0.15, 0.2) is 0 Å². The van der Waals surface area contributed by atoms with Gasteiger partial charge in [0.25, 0.3) is 0 Å². The lowest BCUT2D eigenvalue weighted by Gasteiger charge is -2.14. The highest BCUT2D eigenvalue weighted by Crippen LogP contribution is 2.22. The van der Waals surface area contributed by atoms with Crippen molar-refractivity contribution >= 4 is 17.1 Å². The third-order valence-corrected chi connectivity index (χ3v) is 4.97. The second-order valence-electron chi connectivity index (χ2n) is 7.12. The van der Waals surface area contributed by atoms with Crippen molar-refractivity contribution < 1.29 is 0 Å². The van der Waals surface area contributed by atoms with Gasteiger partial charge in [0.05, 0.1) is 35.2 Å². The maximum Gasteiger partial charge on any atom is 0.104 e. The molecule has 3 heterocycles. The first kappa shape index (κ1) is 18.3. The molecule has 2 aromatic heterocycles. The predicted molar refractivity (Wildman–Crippen MR) is 114 cm³/mol. The fraction of sp³-hybridized carbons (Fsp3) is 0.273. The van der Waals surface area contributed by atoms with E-state index in [0.29, 0.717) is 0 Å². The topological polar surface area (TPSA) is 68.9 Å². The number of likely N-dealkylation sites (tertiary alicyclic amines) is 1. The fourth-order valence-corrected chi connectivity index (χ4v) is 3.44. The van der Waals surface area contributed by atoms with Crippen LogP contribution in [0.2, 0.25) is 0 Å². The Morgan fingerprint density at radius 2 is 1.89 bits per heavy atom. The molecule has 4 rings (SSSR count). The van der Waals surface area contributed by atoms with Crippen LogP contribution < -0.4 is 10.6 Å². The zero-order valence-electron chi connectivity index (χ0n) is 16.0. The van der Waals surface area contributed by atoms with Gasteiger partial charge in [0, 0.05) is 13.1 Å². The summed E-state index contributed by atoms with van der Waals surface area (Å²) < 4.78 is 0. The Hall–Kier alpha value is -3.12. The number of aromatic nitrogens is 3. The number of benzene rings is 1. The molecule has 144 valence electrons. The van der Waals surface area contributed by atoms with Crippen LogP contribution in [-0.4, -0.2) is 33.2 Å². The second kappa shape index (κ2) is 8.71. The number of nitrogens with zero attached hydrogens (tertiary/aromatic N) is 3. The van der Waals surface area contributed by atoms with Crippen LogP contribution in [0.3, 0.4) is 0 Å². The first-order valence-corrected chi connectivity index (χ1v) is 9.73. The number of hydrogen-bond donors (Lipinski definition) is 3. The van der Waals surface area contributed by atoms with E-state index in [4.69, 9.17) is 0 Å². The van der Waals surface area contributed by atoms with Gasteiger partial charge in [-0.2, -0.15) is 5.10 Å². The smallest absolute Gasteiger partial charge is 0.104 e. The van der Waals surface area contributed by atoms with Crippen LogP contribution in [0.1, 0.15) is 29.8 Å². The van der Waals surface area contributed by atoms with Crippen LogP contribution in [0.4, 0.5) is 11.4 Å². The molecule has 0 radical (unpaired) electrons. The Bertz CT molecular complexity index is 894. The van der Waals surface area contributed by atoms with E-state index in [1.807, 2.05) is 24.4 Å². The molecule has 0 amide bonds. The Kier molecular flexibility index (Phi) is 5.68. The zero-order chi connectivity index (χ0) is 19.2. The molecular weight excluding hydrogens is 348 g/mol. The van der Waals surface area contributed by atoms with Gasteiger partial charge in [-0.3, -0.25) is 15.0 Å². The highest BCUT2D eigenvalue weighted by Gasteiger charge is 2.13. The van der Waals surface area contributed by atoms with Gasteiger partial charge < -0.3 is 10.6 Å². The summed E-state index contributed by atoms with van der Waals surface area (Å²) in [6.45, 7) is 8.17. The van der Waals surface area contributed by atoms with E-state index in [1.54, 1.807) is 6.20 Å². The number of H-pyrrole nitrogens is 1. The van der Waals surface area contributed by atoms with Crippen LogP contribution in [-0.2, 0) is 13.1 Å². The number of anilines is 2. The first-order chi connectivity index (χ1) is 13.8. The fourth-order valence-electron chi connectivity index (χ4n) is 3.44. The number of aromatic amines is 1. The number of hydrogen-bond acceptors (Lipinski definition) is 5. The molecule has 1 aromatic carbocycles. The Balaban J connectivity index is 1.35. The molecule has 6 nitrogen and oxygen atoms in total. The van der Waals surface area contributed by atoms with Gasteiger partial charge in [0.1, 0.15) is 5.69 Å². The number of pyridine rings is 1. The molecule has 0 atom stereocenters. The van der Waals surface area contributed by atoms with E-state index in [-0.39, 0.29) is 0 Å². The SMILES string of the molecule is C=C(Nc1ccc(CN2CCCC2)nc1)c1[nH]ncc1NCc1ccccc1. The minimum Gasteiger partial charge on any atom is -0.378 e. The van der Waals surface area contributed by atoms with Crippen molar-refractivity contribution in [2.45, 2.75) is 25.9 Å². The van der Waals surface area contributed by atoms with Crippen LogP contribution in [0.15, 0.2) is 61.4 Å². The second-order valence-corrected chi connectivity index (χ2v) is 7.12. The summed E-state index contributed by atoms with van der Waals surface area (Å²) in [4.78, 5) is 7.04. The van der Waals surface area contributed by atoms with E-state index < -0.39 is 0 Å². The summed E-state index contributed by atoms with van der Waals surface area (Å²) >= 11 is 0. The van der Waals surface area contributed by atoms with Crippen LogP contribution in [0, 0.1) is 0 Å². The van der Waals surface area contributed by atoms with Gasteiger partial charge in [0.2, 0.25) is 0 Å². The molecule has 0 saturated carbocycles. The maximum absolute atomic E-state index is 4.59. The predicted octanol–water partition coefficient (Wildman–Crippen LogP) is 4.10. The third kappa shape index (κ3) is 4.58. The minimum atomic E-state index is 0.730. The third-order valence-electron chi connectivity index (χ3n) is 4.97. The summed E-state index contributed by atoms with van der Waals surface area (Å²) in [5, 5.41) is 13.9. The molecule has 3 aromatic rings. The van der Waals surface area contributed by atoms with Crippen molar-refractivity contribution in [3.8, 4) is 0 Å². The summed E-state index contributed by atoms with van der Waals surface area (Å²) in [5.41, 5.74) is 5.74. The van der Waals surface area contributed by atoms with E-state index in [1.165, 1.54) is 31.5 Å². The molecule has 1 fully saturated rings. The summed E-state index contributed by atoms with van der Waals surface area (Å²) in [7, 11) is 0. The summed E-state index contributed by atoms with van der Waals surface area (Å²) in [5.74, 6) is 0. The Morgan fingerprint density at radius 1 is 1.07 bits per heavy atom. The van der Waals surface area contributed by atoms with Crippen LogP contribution in [0.25, 0.3) is 5.70 Å². The molecule has 0 unspecified atom stereocenters. The lowest BCUT2D eigenvalue weighted by Crippen LogP contribution is -2.19. The van der Waals surface area contributed by atoms with Crippen molar-refractivity contribution in [2.24, 2.45) is 0 Å². The van der Waals surface area contributed by atoms with Gasteiger partial charge >= 0.3 is 0 Å². The Labute approximate surface area is 165 Å². The highest BCUT2D eigenvalue weighted by atomic mass is 15.2. The summed E-state index contributed by atoms with van der Waals surface area (Å²) in [6.07, 6.45) is 6.24. The molecule has 0 aliphatic carbocycles. The van der Waals surface area contributed by atoms with Crippen molar-refractivity contribution in [1.82, 2.24) is 20.1 Å².